The lowest BCUT2D eigenvalue weighted by atomic mass is 10.0. The third kappa shape index (κ3) is 4.55. The van der Waals surface area contributed by atoms with E-state index in [-0.39, 0.29) is 18.1 Å². The zero-order valence-corrected chi connectivity index (χ0v) is 14.2. The molecule has 1 amide bonds. The Morgan fingerprint density at radius 3 is 2.00 bits per heavy atom. The minimum atomic E-state index is -0.121. The van der Waals surface area contributed by atoms with Crippen molar-refractivity contribution in [1.82, 2.24) is 0 Å². The van der Waals surface area contributed by atoms with Crippen molar-refractivity contribution < 1.29 is 9.59 Å². The molecule has 0 radical (unpaired) electrons. The predicted octanol–water partition coefficient (Wildman–Crippen LogP) is 4.75. The van der Waals surface area contributed by atoms with E-state index in [1.54, 1.807) is 48.5 Å². The smallest absolute Gasteiger partial charge is 0.228 e. The van der Waals surface area contributed by atoms with E-state index in [1.807, 2.05) is 30.3 Å². The first-order valence-electron chi connectivity index (χ1n) is 7.86. The molecule has 1 N–H and O–H groups in total. The van der Waals surface area contributed by atoms with Crippen molar-refractivity contribution in [1.29, 1.82) is 0 Å². The summed E-state index contributed by atoms with van der Waals surface area (Å²) in [5.41, 5.74) is 2.77. The molecule has 0 bridgehead atoms. The maximum Gasteiger partial charge on any atom is 0.228 e. The number of ketones is 1. The van der Waals surface area contributed by atoms with Crippen LogP contribution in [-0.4, -0.2) is 11.7 Å². The lowest BCUT2D eigenvalue weighted by molar-refractivity contribution is -0.115. The highest BCUT2D eigenvalue weighted by atomic mass is 35.5. The van der Waals surface area contributed by atoms with Crippen LogP contribution in [0.5, 0.6) is 0 Å². The molecule has 0 heterocycles. The van der Waals surface area contributed by atoms with E-state index < -0.39 is 0 Å². The number of carbonyl (C=O) groups is 2. The molecular weight excluding hydrogens is 334 g/mol. The van der Waals surface area contributed by atoms with E-state index in [4.69, 9.17) is 11.6 Å². The van der Waals surface area contributed by atoms with Crippen LogP contribution in [0.25, 0.3) is 0 Å². The third-order valence-corrected chi connectivity index (χ3v) is 4.00. The van der Waals surface area contributed by atoms with Crippen LogP contribution in [0.2, 0.25) is 5.02 Å². The van der Waals surface area contributed by atoms with Crippen LogP contribution < -0.4 is 5.32 Å². The zero-order valence-electron chi connectivity index (χ0n) is 13.4. The average Bonchev–Trinajstić information content (AvgIpc) is 2.64. The Hall–Kier alpha value is -2.91. The monoisotopic (exact) mass is 349 g/mol. The number of rotatable bonds is 5. The van der Waals surface area contributed by atoms with Gasteiger partial charge in [-0.25, -0.2) is 0 Å². The molecule has 0 aliphatic carbocycles. The molecule has 124 valence electrons. The van der Waals surface area contributed by atoms with Gasteiger partial charge in [0.05, 0.1) is 6.42 Å². The molecule has 3 nitrogen and oxygen atoms in total. The molecule has 0 saturated heterocycles. The standard InChI is InChI=1S/C21H16ClNO2/c22-18-10-6-15(7-11-18)14-20(24)23-19-12-8-17(9-13-19)21(25)16-4-2-1-3-5-16/h1-13H,14H2,(H,23,24). The van der Waals surface area contributed by atoms with Gasteiger partial charge in [-0.3, -0.25) is 9.59 Å². The molecule has 0 saturated carbocycles. The van der Waals surface area contributed by atoms with E-state index in [2.05, 4.69) is 5.32 Å². The summed E-state index contributed by atoms with van der Waals surface area (Å²) in [5.74, 6) is -0.163. The molecule has 0 aliphatic rings. The largest absolute Gasteiger partial charge is 0.326 e. The molecule has 0 atom stereocenters. The highest BCUT2D eigenvalue weighted by Crippen LogP contribution is 2.15. The van der Waals surface area contributed by atoms with Gasteiger partial charge in [-0.15, -0.1) is 0 Å². The molecular formula is C21H16ClNO2. The fourth-order valence-corrected chi connectivity index (χ4v) is 2.58. The Morgan fingerprint density at radius 1 is 0.760 bits per heavy atom. The van der Waals surface area contributed by atoms with Gasteiger partial charge in [0.1, 0.15) is 0 Å². The van der Waals surface area contributed by atoms with Crippen molar-refractivity contribution in [3.05, 3.63) is 101 Å². The van der Waals surface area contributed by atoms with Gasteiger partial charge in [-0.1, -0.05) is 54.1 Å². The number of halogens is 1. The number of benzene rings is 3. The van der Waals surface area contributed by atoms with E-state index in [0.29, 0.717) is 21.8 Å². The minimum absolute atomic E-state index is 0.0420. The quantitative estimate of drug-likeness (QED) is 0.675. The minimum Gasteiger partial charge on any atom is -0.326 e. The van der Waals surface area contributed by atoms with Crippen LogP contribution in [0.15, 0.2) is 78.9 Å². The topological polar surface area (TPSA) is 46.2 Å². The highest BCUT2D eigenvalue weighted by molar-refractivity contribution is 6.30. The van der Waals surface area contributed by atoms with Gasteiger partial charge in [0.15, 0.2) is 5.78 Å². The lowest BCUT2D eigenvalue weighted by Crippen LogP contribution is -2.14. The second-order valence-corrected chi connectivity index (χ2v) is 6.06. The summed E-state index contributed by atoms with van der Waals surface area (Å²) in [7, 11) is 0. The SMILES string of the molecule is O=C(Cc1ccc(Cl)cc1)Nc1ccc(C(=O)c2ccccc2)cc1. The third-order valence-electron chi connectivity index (χ3n) is 3.74. The highest BCUT2D eigenvalue weighted by Gasteiger charge is 2.09. The van der Waals surface area contributed by atoms with E-state index in [1.165, 1.54) is 0 Å². The summed E-state index contributed by atoms with van der Waals surface area (Å²) >= 11 is 5.83. The average molecular weight is 350 g/mol. The summed E-state index contributed by atoms with van der Waals surface area (Å²) in [4.78, 5) is 24.4. The Bertz CT molecular complexity index is 872. The molecule has 0 aromatic heterocycles. The Morgan fingerprint density at radius 2 is 1.36 bits per heavy atom. The number of hydrogen-bond acceptors (Lipinski definition) is 2. The molecule has 3 aromatic carbocycles. The first-order chi connectivity index (χ1) is 12.1. The van der Waals surface area contributed by atoms with Gasteiger partial charge in [0, 0.05) is 21.8 Å². The number of hydrogen-bond donors (Lipinski definition) is 1. The summed E-state index contributed by atoms with van der Waals surface area (Å²) < 4.78 is 0. The van der Waals surface area contributed by atoms with E-state index in [0.717, 1.165) is 5.56 Å². The van der Waals surface area contributed by atoms with Gasteiger partial charge >= 0.3 is 0 Å². The molecule has 25 heavy (non-hydrogen) atoms. The molecule has 3 rings (SSSR count). The van der Waals surface area contributed by atoms with Crippen LogP contribution in [0.4, 0.5) is 5.69 Å². The van der Waals surface area contributed by atoms with Crippen molar-refractivity contribution in [3.63, 3.8) is 0 Å². The first kappa shape index (κ1) is 16.9. The van der Waals surface area contributed by atoms with E-state index in [9.17, 15) is 9.59 Å². The van der Waals surface area contributed by atoms with Gasteiger partial charge in [-0.05, 0) is 42.0 Å². The maximum absolute atomic E-state index is 12.4. The predicted molar refractivity (Wildman–Crippen MR) is 100 cm³/mol. The molecule has 0 fully saturated rings. The van der Waals surface area contributed by atoms with Crippen LogP contribution in [0, 0.1) is 0 Å². The fraction of sp³-hybridized carbons (Fsp3) is 0.0476. The fourth-order valence-electron chi connectivity index (χ4n) is 2.45. The number of anilines is 1. The van der Waals surface area contributed by atoms with Crippen LogP contribution >= 0.6 is 11.6 Å². The molecule has 4 heteroatoms. The molecule has 0 aliphatic heterocycles. The summed E-state index contributed by atoms with van der Waals surface area (Å²) in [6.07, 6.45) is 0.266. The van der Waals surface area contributed by atoms with Crippen molar-refractivity contribution in [2.75, 3.05) is 5.32 Å². The zero-order chi connectivity index (χ0) is 17.6. The number of amides is 1. The Labute approximate surface area is 151 Å². The summed E-state index contributed by atoms with van der Waals surface area (Å²) in [6.45, 7) is 0. The van der Waals surface area contributed by atoms with E-state index >= 15 is 0 Å². The maximum atomic E-state index is 12.4. The molecule has 3 aromatic rings. The number of nitrogens with one attached hydrogen (secondary N) is 1. The van der Waals surface area contributed by atoms with Crippen molar-refractivity contribution in [2.24, 2.45) is 0 Å². The molecule has 0 spiro atoms. The van der Waals surface area contributed by atoms with Gasteiger partial charge in [-0.2, -0.15) is 0 Å². The summed E-state index contributed by atoms with van der Waals surface area (Å²) in [5, 5.41) is 3.47. The number of carbonyl (C=O) groups excluding carboxylic acids is 2. The molecule has 0 unspecified atom stereocenters. The second-order valence-electron chi connectivity index (χ2n) is 5.62. The second kappa shape index (κ2) is 7.77. The van der Waals surface area contributed by atoms with Gasteiger partial charge in [0.2, 0.25) is 5.91 Å². The summed E-state index contributed by atoms with van der Waals surface area (Å²) in [6, 6.07) is 23.2. The Balaban J connectivity index is 1.63. The van der Waals surface area contributed by atoms with Crippen LogP contribution in [-0.2, 0) is 11.2 Å². The van der Waals surface area contributed by atoms with Crippen LogP contribution in [0.1, 0.15) is 21.5 Å². The normalized spacial score (nSPS) is 10.3. The lowest BCUT2D eigenvalue weighted by Gasteiger charge is -2.07. The first-order valence-corrected chi connectivity index (χ1v) is 8.24. The van der Waals surface area contributed by atoms with Gasteiger partial charge < -0.3 is 5.32 Å². The van der Waals surface area contributed by atoms with Crippen molar-refractivity contribution in [2.45, 2.75) is 6.42 Å². The van der Waals surface area contributed by atoms with Crippen molar-refractivity contribution in [3.8, 4) is 0 Å². The Kier molecular flexibility index (Phi) is 5.26. The van der Waals surface area contributed by atoms with Gasteiger partial charge in [0.25, 0.3) is 0 Å². The van der Waals surface area contributed by atoms with Crippen LogP contribution in [0.3, 0.4) is 0 Å². The van der Waals surface area contributed by atoms with Crippen molar-refractivity contribution >= 4 is 29.0 Å².